The van der Waals surface area contributed by atoms with Crippen LogP contribution in [0.4, 0.5) is 0 Å². The van der Waals surface area contributed by atoms with Gasteiger partial charge in [0.05, 0.1) is 18.2 Å². The Hall–Kier alpha value is -1.37. The van der Waals surface area contributed by atoms with Crippen molar-refractivity contribution in [3.05, 3.63) is 35.4 Å². The van der Waals surface area contributed by atoms with Crippen molar-refractivity contribution in [3.63, 3.8) is 0 Å². The molecule has 0 aliphatic carbocycles. The molecule has 0 radical (unpaired) electrons. The van der Waals surface area contributed by atoms with Gasteiger partial charge in [-0.3, -0.25) is 0 Å². The van der Waals surface area contributed by atoms with Crippen LogP contribution in [-0.2, 0) is 6.54 Å². The van der Waals surface area contributed by atoms with E-state index >= 15 is 0 Å². The van der Waals surface area contributed by atoms with Crippen molar-refractivity contribution in [2.24, 2.45) is 0 Å². The fourth-order valence-electron chi connectivity index (χ4n) is 1.38. The maximum atomic E-state index is 9.00. The maximum absolute atomic E-state index is 9.00. The molecule has 0 saturated carbocycles. The number of hydrogen-bond acceptors (Lipinski definition) is 3. The van der Waals surface area contributed by atoms with E-state index in [1.807, 2.05) is 25.1 Å². The van der Waals surface area contributed by atoms with Crippen LogP contribution >= 0.6 is 0 Å². The lowest BCUT2D eigenvalue weighted by molar-refractivity contribution is 0.238. The summed E-state index contributed by atoms with van der Waals surface area (Å²) in [7, 11) is 0. The molecule has 0 spiro atoms. The fourth-order valence-corrected chi connectivity index (χ4v) is 1.38. The minimum atomic E-state index is 0.108. The zero-order chi connectivity index (χ0) is 11.1. The van der Waals surface area contributed by atoms with Gasteiger partial charge in [0.15, 0.2) is 0 Å². The molecule has 0 heterocycles. The minimum absolute atomic E-state index is 0.108. The monoisotopic (exact) mass is 204 g/mol. The molecule has 3 heteroatoms. The van der Waals surface area contributed by atoms with E-state index in [-0.39, 0.29) is 12.6 Å². The number of aliphatic hydroxyl groups excluding tert-OH is 1. The van der Waals surface area contributed by atoms with Crippen molar-refractivity contribution in [1.82, 2.24) is 5.32 Å². The standard InChI is InChI=1S/C12H16N2O/c1-2-12(9-15)14-8-11-6-4-3-5-10(11)7-13/h3-6,12,14-15H,2,8-9H2,1H3/t12-/m1/s1. The Labute approximate surface area is 90.4 Å². The Kier molecular flexibility index (Phi) is 4.82. The van der Waals surface area contributed by atoms with Crippen molar-refractivity contribution in [1.29, 1.82) is 5.26 Å². The third-order valence-corrected chi connectivity index (χ3v) is 2.43. The number of benzene rings is 1. The highest BCUT2D eigenvalue weighted by Gasteiger charge is 2.05. The molecule has 0 fully saturated rings. The first-order valence-electron chi connectivity index (χ1n) is 5.14. The first-order chi connectivity index (χ1) is 7.31. The molecule has 1 atom stereocenters. The molecule has 0 bridgehead atoms. The Balaban J connectivity index is 2.61. The van der Waals surface area contributed by atoms with Crippen LogP contribution in [-0.4, -0.2) is 17.8 Å². The average molecular weight is 204 g/mol. The lowest BCUT2D eigenvalue weighted by atomic mass is 10.1. The van der Waals surface area contributed by atoms with Gasteiger partial charge in [-0.2, -0.15) is 5.26 Å². The quantitative estimate of drug-likeness (QED) is 0.762. The van der Waals surface area contributed by atoms with Crippen LogP contribution in [0.25, 0.3) is 0 Å². The molecule has 0 aromatic heterocycles. The summed E-state index contributed by atoms with van der Waals surface area (Å²) < 4.78 is 0. The second-order valence-electron chi connectivity index (χ2n) is 3.44. The molecule has 1 rings (SSSR count). The van der Waals surface area contributed by atoms with Crippen molar-refractivity contribution in [2.75, 3.05) is 6.61 Å². The SMILES string of the molecule is CC[C@H](CO)NCc1ccccc1C#N. The molecule has 0 aliphatic heterocycles. The van der Waals surface area contributed by atoms with Gasteiger partial charge in [0, 0.05) is 12.6 Å². The van der Waals surface area contributed by atoms with Crippen LogP contribution in [0.1, 0.15) is 24.5 Å². The summed E-state index contributed by atoms with van der Waals surface area (Å²) in [4.78, 5) is 0. The fraction of sp³-hybridized carbons (Fsp3) is 0.417. The topological polar surface area (TPSA) is 56.0 Å². The molecule has 15 heavy (non-hydrogen) atoms. The number of hydrogen-bond donors (Lipinski definition) is 2. The Morgan fingerprint density at radius 1 is 1.47 bits per heavy atom. The lowest BCUT2D eigenvalue weighted by Crippen LogP contribution is -2.31. The highest BCUT2D eigenvalue weighted by Crippen LogP contribution is 2.07. The first kappa shape index (κ1) is 11.7. The third-order valence-electron chi connectivity index (χ3n) is 2.43. The molecule has 0 amide bonds. The van der Waals surface area contributed by atoms with Crippen molar-refractivity contribution >= 4 is 0 Å². The Bertz CT molecular complexity index is 340. The summed E-state index contributed by atoms with van der Waals surface area (Å²) in [6.45, 7) is 2.78. The molecule has 1 aromatic rings. The van der Waals surface area contributed by atoms with E-state index in [0.717, 1.165) is 12.0 Å². The van der Waals surface area contributed by atoms with Crippen molar-refractivity contribution in [3.8, 4) is 6.07 Å². The molecule has 0 unspecified atom stereocenters. The van der Waals surface area contributed by atoms with E-state index in [0.29, 0.717) is 12.1 Å². The van der Waals surface area contributed by atoms with Crippen LogP contribution < -0.4 is 5.32 Å². The summed E-state index contributed by atoms with van der Waals surface area (Å²) in [5, 5.41) is 21.1. The van der Waals surface area contributed by atoms with Crippen LogP contribution in [0.3, 0.4) is 0 Å². The summed E-state index contributed by atoms with van der Waals surface area (Å²) >= 11 is 0. The number of rotatable bonds is 5. The molecule has 3 nitrogen and oxygen atoms in total. The summed E-state index contributed by atoms with van der Waals surface area (Å²) in [5.41, 5.74) is 1.67. The van der Waals surface area contributed by atoms with Gasteiger partial charge in [0.25, 0.3) is 0 Å². The van der Waals surface area contributed by atoms with Crippen LogP contribution in [0, 0.1) is 11.3 Å². The van der Waals surface area contributed by atoms with Gasteiger partial charge in [-0.1, -0.05) is 25.1 Å². The Morgan fingerprint density at radius 2 is 2.20 bits per heavy atom. The summed E-state index contributed by atoms with van der Waals surface area (Å²) in [6, 6.07) is 9.76. The molecule has 0 saturated heterocycles. The third kappa shape index (κ3) is 3.35. The van der Waals surface area contributed by atoms with Gasteiger partial charge >= 0.3 is 0 Å². The van der Waals surface area contributed by atoms with Crippen LogP contribution in [0.2, 0.25) is 0 Å². The molecule has 0 aliphatic rings. The number of aliphatic hydroxyl groups is 1. The number of nitrogens with zero attached hydrogens (tertiary/aromatic N) is 1. The van der Waals surface area contributed by atoms with Crippen molar-refractivity contribution < 1.29 is 5.11 Å². The average Bonchev–Trinajstić information content (AvgIpc) is 2.31. The van der Waals surface area contributed by atoms with Crippen LogP contribution in [0.5, 0.6) is 0 Å². The summed E-state index contributed by atoms with van der Waals surface area (Å²) in [5.74, 6) is 0. The normalized spacial score (nSPS) is 12.1. The highest BCUT2D eigenvalue weighted by molar-refractivity contribution is 5.37. The van der Waals surface area contributed by atoms with E-state index in [4.69, 9.17) is 10.4 Å². The zero-order valence-electron chi connectivity index (χ0n) is 8.90. The van der Waals surface area contributed by atoms with Gasteiger partial charge in [0.1, 0.15) is 0 Å². The van der Waals surface area contributed by atoms with Crippen LogP contribution in [0.15, 0.2) is 24.3 Å². The predicted octanol–water partition coefficient (Wildman–Crippen LogP) is 1.42. The van der Waals surface area contributed by atoms with E-state index in [1.54, 1.807) is 6.07 Å². The zero-order valence-corrected chi connectivity index (χ0v) is 8.90. The van der Waals surface area contributed by atoms with E-state index in [2.05, 4.69) is 11.4 Å². The van der Waals surface area contributed by atoms with E-state index < -0.39 is 0 Å². The molecule has 1 aromatic carbocycles. The predicted molar refractivity (Wildman–Crippen MR) is 59.2 cm³/mol. The van der Waals surface area contributed by atoms with Gasteiger partial charge < -0.3 is 10.4 Å². The number of nitriles is 1. The molecule has 80 valence electrons. The lowest BCUT2D eigenvalue weighted by Gasteiger charge is -2.14. The van der Waals surface area contributed by atoms with E-state index in [1.165, 1.54) is 0 Å². The van der Waals surface area contributed by atoms with Gasteiger partial charge in [-0.15, -0.1) is 0 Å². The van der Waals surface area contributed by atoms with E-state index in [9.17, 15) is 0 Å². The minimum Gasteiger partial charge on any atom is -0.395 e. The second kappa shape index (κ2) is 6.18. The Morgan fingerprint density at radius 3 is 2.80 bits per heavy atom. The maximum Gasteiger partial charge on any atom is 0.0995 e. The van der Waals surface area contributed by atoms with Crippen molar-refractivity contribution in [2.45, 2.75) is 25.9 Å². The molecular formula is C12H16N2O. The molecule has 2 N–H and O–H groups in total. The van der Waals surface area contributed by atoms with Gasteiger partial charge in [-0.05, 0) is 18.1 Å². The first-order valence-corrected chi connectivity index (χ1v) is 5.14. The number of nitrogens with one attached hydrogen (secondary N) is 1. The second-order valence-corrected chi connectivity index (χ2v) is 3.44. The molecular weight excluding hydrogens is 188 g/mol. The summed E-state index contributed by atoms with van der Waals surface area (Å²) in [6.07, 6.45) is 0.880. The highest BCUT2D eigenvalue weighted by atomic mass is 16.3. The van der Waals surface area contributed by atoms with Gasteiger partial charge in [-0.25, -0.2) is 0 Å². The smallest absolute Gasteiger partial charge is 0.0995 e. The largest absolute Gasteiger partial charge is 0.395 e. The van der Waals surface area contributed by atoms with Gasteiger partial charge in [0.2, 0.25) is 0 Å².